The maximum absolute atomic E-state index is 5.97. The van der Waals surface area contributed by atoms with Crippen molar-refractivity contribution >= 4 is 0 Å². The molecule has 1 aliphatic rings. The maximum atomic E-state index is 5.97. The number of rotatable bonds is 4. The lowest BCUT2D eigenvalue weighted by atomic mass is 10.1. The van der Waals surface area contributed by atoms with E-state index in [4.69, 9.17) is 4.74 Å². The summed E-state index contributed by atoms with van der Waals surface area (Å²) >= 11 is 0. The lowest BCUT2D eigenvalue weighted by Crippen LogP contribution is -2.22. The minimum absolute atomic E-state index is 0.255. The maximum Gasteiger partial charge on any atom is 0.123 e. The molecular formula is C15H18N2O. The molecule has 0 amide bonds. The molecule has 0 bridgehead atoms. The van der Waals surface area contributed by atoms with Crippen LogP contribution in [0, 0.1) is 0 Å². The van der Waals surface area contributed by atoms with Crippen LogP contribution in [0.15, 0.2) is 42.6 Å². The molecule has 1 atom stereocenters. The van der Waals surface area contributed by atoms with Crippen LogP contribution in [0.25, 0.3) is 0 Å². The number of para-hydroxylation sites is 1. The topological polar surface area (TPSA) is 26.2 Å². The van der Waals surface area contributed by atoms with Gasteiger partial charge in [-0.25, -0.2) is 0 Å². The summed E-state index contributed by atoms with van der Waals surface area (Å²) in [5.74, 6) is 1.05. The van der Waals surface area contributed by atoms with Gasteiger partial charge in [-0.05, 0) is 30.8 Å². The van der Waals surface area contributed by atoms with Crippen LogP contribution in [0.4, 0.5) is 0 Å². The number of hydrogen-bond acceptors (Lipinski definition) is 2. The quantitative estimate of drug-likeness (QED) is 0.889. The highest BCUT2D eigenvalue weighted by Gasteiger charge is 2.22. The third-order valence-electron chi connectivity index (χ3n) is 3.40. The summed E-state index contributed by atoms with van der Waals surface area (Å²) in [5.41, 5.74) is 2.63. The molecule has 0 spiro atoms. The van der Waals surface area contributed by atoms with Gasteiger partial charge in [0.25, 0.3) is 0 Å². The molecule has 2 aromatic rings. The molecule has 18 heavy (non-hydrogen) atoms. The highest BCUT2D eigenvalue weighted by molar-refractivity contribution is 5.37. The Morgan fingerprint density at radius 3 is 3.00 bits per heavy atom. The second kappa shape index (κ2) is 4.86. The zero-order chi connectivity index (χ0) is 12.4. The second-order valence-electron chi connectivity index (χ2n) is 4.73. The normalized spacial score (nSPS) is 17.5. The molecular weight excluding hydrogens is 224 g/mol. The highest BCUT2D eigenvalue weighted by atomic mass is 16.5. The van der Waals surface area contributed by atoms with Crippen molar-refractivity contribution < 1.29 is 4.74 Å². The molecule has 0 saturated heterocycles. The molecule has 1 N–H and O–H groups in total. The number of aromatic nitrogens is 1. The molecule has 1 unspecified atom stereocenters. The fourth-order valence-electron chi connectivity index (χ4n) is 2.54. The summed E-state index contributed by atoms with van der Waals surface area (Å²) in [6.45, 7) is 1.81. The molecule has 3 heteroatoms. The van der Waals surface area contributed by atoms with Crippen LogP contribution < -0.4 is 10.1 Å². The zero-order valence-corrected chi connectivity index (χ0v) is 10.6. The largest absolute Gasteiger partial charge is 0.488 e. The number of benzene rings is 1. The van der Waals surface area contributed by atoms with Gasteiger partial charge in [0.1, 0.15) is 11.9 Å². The van der Waals surface area contributed by atoms with Gasteiger partial charge in [0.2, 0.25) is 0 Å². The van der Waals surface area contributed by atoms with E-state index in [9.17, 15) is 0 Å². The van der Waals surface area contributed by atoms with Crippen molar-refractivity contribution in [1.82, 2.24) is 9.88 Å². The van der Waals surface area contributed by atoms with E-state index < -0.39 is 0 Å². The van der Waals surface area contributed by atoms with Crippen LogP contribution >= 0.6 is 0 Å². The summed E-state index contributed by atoms with van der Waals surface area (Å²) in [4.78, 5) is 0. The monoisotopic (exact) mass is 242 g/mol. The van der Waals surface area contributed by atoms with Crippen LogP contribution in [-0.4, -0.2) is 17.7 Å². The molecule has 1 aromatic heterocycles. The van der Waals surface area contributed by atoms with E-state index in [0.717, 1.165) is 25.3 Å². The molecule has 1 aromatic carbocycles. The van der Waals surface area contributed by atoms with Crippen LogP contribution in [-0.2, 0) is 19.5 Å². The summed E-state index contributed by atoms with van der Waals surface area (Å²) in [5, 5.41) is 3.19. The first-order chi connectivity index (χ1) is 8.86. The lowest BCUT2D eigenvalue weighted by Gasteiger charge is -2.14. The Morgan fingerprint density at radius 1 is 1.28 bits per heavy atom. The van der Waals surface area contributed by atoms with Gasteiger partial charge in [-0.15, -0.1) is 0 Å². The first kappa shape index (κ1) is 11.4. The number of nitrogens with one attached hydrogen (secondary N) is 1. The van der Waals surface area contributed by atoms with E-state index >= 15 is 0 Å². The predicted octanol–water partition coefficient (Wildman–Crippen LogP) is 2.21. The SMILES string of the molecule is CNCc1cccn1CC1Cc2ccccc2O1. The van der Waals surface area contributed by atoms with Gasteiger partial charge in [0.05, 0.1) is 6.54 Å². The van der Waals surface area contributed by atoms with E-state index in [1.807, 2.05) is 13.1 Å². The van der Waals surface area contributed by atoms with Crippen molar-refractivity contribution in [3.05, 3.63) is 53.9 Å². The van der Waals surface area contributed by atoms with Crippen molar-refractivity contribution in [3.8, 4) is 5.75 Å². The predicted molar refractivity (Wildman–Crippen MR) is 71.8 cm³/mol. The highest BCUT2D eigenvalue weighted by Crippen LogP contribution is 2.28. The molecule has 94 valence electrons. The zero-order valence-electron chi connectivity index (χ0n) is 10.6. The molecule has 0 aliphatic carbocycles. The van der Waals surface area contributed by atoms with Crippen molar-refractivity contribution in [2.75, 3.05) is 7.05 Å². The molecule has 0 fully saturated rings. The van der Waals surface area contributed by atoms with Gasteiger partial charge in [-0.2, -0.15) is 0 Å². The summed E-state index contributed by atoms with van der Waals surface area (Å²) in [6, 6.07) is 12.6. The Kier molecular flexibility index (Phi) is 3.07. The van der Waals surface area contributed by atoms with Crippen LogP contribution in [0.2, 0.25) is 0 Å². The van der Waals surface area contributed by atoms with Gasteiger partial charge in [0.15, 0.2) is 0 Å². The third kappa shape index (κ3) is 2.14. The smallest absolute Gasteiger partial charge is 0.123 e. The Labute approximate surface area is 107 Å². The first-order valence-corrected chi connectivity index (χ1v) is 6.40. The fraction of sp³-hybridized carbons (Fsp3) is 0.333. The minimum atomic E-state index is 0.255. The Hall–Kier alpha value is -1.74. The number of ether oxygens (including phenoxy) is 1. The van der Waals surface area contributed by atoms with Crippen molar-refractivity contribution in [1.29, 1.82) is 0 Å². The summed E-state index contributed by atoms with van der Waals surface area (Å²) < 4.78 is 8.24. The van der Waals surface area contributed by atoms with Gasteiger partial charge in [-0.3, -0.25) is 0 Å². The van der Waals surface area contributed by atoms with E-state index in [1.54, 1.807) is 0 Å². The van der Waals surface area contributed by atoms with Crippen molar-refractivity contribution in [3.63, 3.8) is 0 Å². The Morgan fingerprint density at radius 2 is 2.17 bits per heavy atom. The summed E-state index contributed by atoms with van der Waals surface area (Å²) in [6.07, 6.45) is 3.39. The first-order valence-electron chi connectivity index (χ1n) is 6.40. The molecule has 0 radical (unpaired) electrons. The Balaban J connectivity index is 1.70. The van der Waals surface area contributed by atoms with E-state index in [1.165, 1.54) is 11.3 Å². The Bertz CT molecular complexity index is 508. The standard InChI is InChI=1S/C15H18N2O/c1-16-10-13-6-4-8-17(13)11-14-9-12-5-2-3-7-15(12)18-14/h2-8,14,16H,9-11H2,1H3. The number of nitrogens with zero attached hydrogens (tertiary/aromatic N) is 1. The van der Waals surface area contributed by atoms with Crippen LogP contribution in [0.1, 0.15) is 11.3 Å². The van der Waals surface area contributed by atoms with Gasteiger partial charge in [0, 0.05) is 24.9 Å². The number of hydrogen-bond donors (Lipinski definition) is 1. The van der Waals surface area contributed by atoms with Gasteiger partial charge < -0.3 is 14.6 Å². The van der Waals surface area contributed by atoms with E-state index in [2.05, 4.69) is 46.4 Å². The molecule has 1 aliphatic heterocycles. The van der Waals surface area contributed by atoms with E-state index in [0.29, 0.717) is 0 Å². The average Bonchev–Trinajstić information content (AvgIpc) is 2.97. The van der Waals surface area contributed by atoms with Crippen molar-refractivity contribution in [2.45, 2.75) is 25.6 Å². The van der Waals surface area contributed by atoms with Crippen molar-refractivity contribution in [2.24, 2.45) is 0 Å². The minimum Gasteiger partial charge on any atom is -0.488 e. The number of fused-ring (bicyclic) bond motifs is 1. The van der Waals surface area contributed by atoms with E-state index in [-0.39, 0.29) is 6.10 Å². The average molecular weight is 242 g/mol. The molecule has 3 rings (SSSR count). The molecule has 0 saturated carbocycles. The lowest BCUT2D eigenvalue weighted by molar-refractivity contribution is 0.208. The van der Waals surface area contributed by atoms with Gasteiger partial charge >= 0.3 is 0 Å². The summed E-state index contributed by atoms with van der Waals surface area (Å²) in [7, 11) is 1.97. The second-order valence-corrected chi connectivity index (χ2v) is 4.73. The third-order valence-corrected chi connectivity index (χ3v) is 3.40. The molecule has 2 heterocycles. The van der Waals surface area contributed by atoms with Crippen LogP contribution in [0.3, 0.4) is 0 Å². The van der Waals surface area contributed by atoms with Crippen LogP contribution in [0.5, 0.6) is 5.75 Å². The molecule has 3 nitrogen and oxygen atoms in total. The fourth-order valence-corrected chi connectivity index (χ4v) is 2.54. The van der Waals surface area contributed by atoms with Gasteiger partial charge in [-0.1, -0.05) is 18.2 Å².